The lowest BCUT2D eigenvalue weighted by atomic mass is 10.1. The number of carbonyl (C=O) groups excluding carboxylic acids is 1. The van der Waals surface area contributed by atoms with Crippen molar-refractivity contribution in [3.63, 3.8) is 0 Å². The Balaban J connectivity index is 1.82. The molecule has 3 aromatic rings. The summed E-state index contributed by atoms with van der Waals surface area (Å²) in [4.78, 5) is 31.7. The van der Waals surface area contributed by atoms with E-state index >= 15 is 0 Å². The van der Waals surface area contributed by atoms with Gasteiger partial charge in [0.05, 0.1) is 17.0 Å². The molecule has 0 aromatic heterocycles. The summed E-state index contributed by atoms with van der Waals surface area (Å²) in [5, 5.41) is 22.4. The molecule has 0 saturated heterocycles. The number of hydrogen-bond donors (Lipinski definition) is 1. The Labute approximate surface area is 216 Å². The highest BCUT2D eigenvalue weighted by molar-refractivity contribution is 7.89. The van der Waals surface area contributed by atoms with Gasteiger partial charge in [-0.2, -0.15) is 13.1 Å². The largest absolute Gasteiger partial charge is 0.468 e. The molecular formula is C22H19N3O11S2. The number of rotatable bonds is 11. The second-order valence-corrected chi connectivity index (χ2v) is 10.7. The number of methoxy groups -OCH3 is 1. The molecule has 3 rings (SSSR count). The Hall–Kier alpha value is -4.41. The standard InChI is InChI=1S/C22H19N3O11S2/c1-35-22(26)17(23-37(31,32)20-8-4-2-6-18(20)24(27)28)14-15-10-12-16(13-11-15)36-38(33,34)21-9-5-3-7-19(21)25(29)30/h2-13,17,23H,14H2,1H3/t17-/m0/s1. The Morgan fingerprint density at radius 3 is 1.87 bits per heavy atom. The molecule has 16 heteroatoms. The number of hydrogen-bond acceptors (Lipinski definition) is 11. The van der Waals surface area contributed by atoms with Crippen LogP contribution in [0.4, 0.5) is 11.4 Å². The minimum Gasteiger partial charge on any atom is -0.468 e. The Kier molecular flexibility index (Phi) is 8.39. The van der Waals surface area contributed by atoms with Gasteiger partial charge in [0.2, 0.25) is 10.0 Å². The van der Waals surface area contributed by atoms with Crippen LogP contribution in [0, 0.1) is 20.2 Å². The van der Waals surface area contributed by atoms with Crippen LogP contribution in [0.5, 0.6) is 5.75 Å². The zero-order chi connectivity index (χ0) is 28.1. The highest BCUT2D eigenvalue weighted by atomic mass is 32.2. The minimum atomic E-state index is -4.57. The van der Waals surface area contributed by atoms with Gasteiger partial charge in [0.1, 0.15) is 11.8 Å². The number of nitro benzene ring substituents is 2. The zero-order valence-corrected chi connectivity index (χ0v) is 21.0. The molecule has 0 aliphatic carbocycles. The normalized spacial score (nSPS) is 12.3. The maximum Gasteiger partial charge on any atom is 0.346 e. The molecular weight excluding hydrogens is 546 g/mol. The van der Waals surface area contributed by atoms with E-state index in [1.165, 1.54) is 48.5 Å². The van der Waals surface area contributed by atoms with Gasteiger partial charge in [-0.15, -0.1) is 0 Å². The number of para-hydroxylation sites is 2. The van der Waals surface area contributed by atoms with Crippen LogP contribution in [0.25, 0.3) is 0 Å². The molecule has 1 N–H and O–H groups in total. The molecule has 0 saturated carbocycles. The lowest BCUT2D eigenvalue weighted by Crippen LogP contribution is -2.43. The van der Waals surface area contributed by atoms with E-state index in [-0.39, 0.29) is 12.2 Å². The van der Waals surface area contributed by atoms with Gasteiger partial charge in [-0.25, -0.2) is 8.42 Å². The smallest absolute Gasteiger partial charge is 0.346 e. The van der Waals surface area contributed by atoms with Gasteiger partial charge in [0.15, 0.2) is 9.79 Å². The number of esters is 1. The molecule has 0 radical (unpaired) electrons. The number of ether oxygens (including phenoxy) is 1. The number of nitrogens with one attached hydrogen (secondary N) is 1. The maximum absolute atomic E-state index is 12.8. The molecule has 14 nitrogen and oxygen atoms in total. The van der Waals surface area contributed by atoms with Crippen LogP contribution in [0.15, 0.2) is 82.6 Å². The molecule has 0 bridgehead atoms. The summed E-state index contributed by atoms with van der Waals surface area (Å²) in [6, 6.07) is 12.8. The van der Waals surface area contributed by atoms with E-state index in [2.05, 4.69) is 9.46 Å². The Morgan fingerprint density at radius 2 is 1.34 bits per heavy atom. The van der Waals surface area contributed by atoms with E-state index < -0.39 is 63.2 Å². The SMILES string of the molecule is COC(=O)[C@H](Cc1ccc(OS(=O)(=O)c2ccccc2[N+](=O)[O-])cc1)NS(=O)(=O)c1ccccc1[N+](=O)[O-]. The van der Waals surface area contributed by atoms with Gasteiger partial charge in [-0.05, 0) is 36.2 Å². The summed E-state index contributed by atoms with van der Waals surface area (Å²) >= 11 is 0. The maximum atomic E-state index is 12.8. The summed E-state index contributed by atoms with van der Waals surface area (Å²) < 4.78 is 62.6. The molecule has 200 valence electrons. The molecule has 0 amide bonds. The summed E-state index contributed by atoms with van der Waals surface area (Å²) in [5.74, 6) is -1.19. The van der Waals surface area contributed by atoms with Gasteiger partial charge in [0, 0.05) is 12.1 Å². The van der Waals surface area contributed by atoms with Crippen LogP contribution in [0.3, 0.4) is 0 Å². The van der Waals surface area contributed by atoms with E-state index in [0.29, 0.717) is 5.56 Å². The summed E-state index contributed by atoms with van der Waals surface area (Å²) in [6.07, 6.45) is -0.274. The van der Waals surface area contributed by atoms with Crippen molar-refractivity contribution in [2.45, 2.75) is 22.3 Å². The summed E-state index contributed by atoms with van der Waals surface area (Å²) in [6.45, 7) is 0. The van der Waals surface area contributed by atoms with Crippen molar-refractivity contribution in [3.8, 4) is 5.75 Å². The van der Waals surface area contributed by atoms with Crippen molar-refractivity contribution in [1.29, 1.82) is 0 Å². The molecule has 38 heavy (non-hydrogen) atoms. The first-order valence-electron chi connectivity index (χ1n) is 10.5. The highest BCUT2D eigenvalue weighted by Gasteiger charge is 2.31. The lowest BCUT2D eigenvalue weighted by molar-refractivity contribution is -0.388. The first kappa shape index (κ1) is 28.2. The Bertz CT molecular complexity index is 1590. The van der Waals surface area contributed by atoms with E-state index in [9.17, 15) is 41.9 Å². The average molecular weight is 566 g/mol. The fraction of sp³-hybridized carbons (Fsp3) is 0.136. The molecule has 0 aliphatic rings. The quantitative estimate of drug-likeness (QED) is 0.155. The van der Waals surface area contributed by atoms with Crippen LogP contribution < -0.4 is 8.91 Å². The molecule has 0 heterocycles. The van der Waals surface area contributed by atoms with E-state index in [0.717, 1.165) is 31.4 Å². The van der Waals surface area contributed by atoms with Crippen LogP contribution in [0.1, 0.15) is 5.56 Å². The van der Waals surface area contributed by atoms with Crippen molar-refractivity contribution in [3.05, 3.63) is 98.6 Å². The summed E-state index contributed by atoms with van der Waals surface area (Å²) in [5.41, 5.74) is -1.03. The number of sulfonamides is 1. The van der Waals surface area contributed by atoms with Gasteiger partial charge in [-0.1, -0.05) is 36.4 Å². The number of nitro groups is 2. The lowest BCUT2D eigenvalue weighted by Gasteiger charge is -2.17. The highest BCUT2D eigenvalue weighted by Crippen LogP contribution is 2.27. The Morgan fingerprint density at radius 1 is 0.842 bits per heavy atom. The van der Waals surface area contributed by atoms with Crippen molar-refractivity contribution < 1.29 is 40.4 Å². The van der Waals surface area contributed by atoms with Gasteiger partial charge < -0.3 is 8.92 Å². The third-order valence-corrected chi connectivity index (χ3v) is 7.85. The van der Waals surface area contributed by atoms with Crippen molar-refractivity contribution in [2.75, 3.05) is 7.11 Å². The predicted molar refractivity (Wildman–Crippen MR) is 130 cm³/mol. The first-order valence-corrected chi connectivity index (χ1v) is 13.4. The third kappa shape index (κ3) is 6.47. The summed E-state index contributed by atoms with van der Waals surface area (Å²) in [7, 11) is -8.08. The van der Waals surface area contributed by atoms with Crippen LogP contribution in [-0.4, -0.2) is 45.8 Å². The van der Waals surface area contributed by atoms with Crippen LogP contribution in [-0.2, 0) is 36.1 Å². The van der Waals surface area contributed by atoms with E-state index in [1.54, 1.807) is 0 Å². The average Bonchev–Trinajstić information content (AvgIpc) is 2.88. The monoisotopic (exact) mass is 565 g/mol. The second kappa shape index (κ2) is 11.3. The van der Waals surface area contributed by atoms with Crippen molar-refractivity contribution in [1.82, 2.24) is 4.72 Å². The van der Waals surface area contributed by atoms with Gasteiger partial charge >= 0.3 is 16.1 Å². The van der Waals surface area contributed by atoms with E-state index in [4.69, 9.17) is 4.18 Å². The fourth-order valence-corrected chi connectivity index (χ4v) is 5.76. The van der Waals surface area contributed by atoms with Crippen molar-refractivity contribution >= 4 is 37.5 Å². The molecule has 1 atom stereocenters. The second-order valence-electron chi connectivity index (χ2n) is 7.53. The molecule has 0 aliphatic heterocycles. The fourth-order valence-electron chi connectivity index (χ4n) is 3.31. The van der Waals surface area contributed by atoms with Gasteiger partial charge in [0.25, 0.3) is 11.4 Å². The molecule has 0 unspecified atom stereocenters. The minimum absolute atomic E-state index is 0.206. The predicted octanol–water partition coefficient (Wildman–Crippen LogP) is 2.33. The van der Waals surface area contributed by atoms with E-state index in [1.807, 2.05) is 0 Å². The van der Waals surface area contributed by atoms with Crippen LogP contribution >= 0.6 is 0 Å². The number of carbonyl (C=O) groups is 1. The van der Waals surface area contributed by atoms with Crippen LogP contribution in [0.2, 0.25) is 0 Å². The molecule has 0 spiro atoms. The first-order chi connectivity index (χ1) is 17.9. The molecule has 3 aromatic carbocycles. The third-order valence-electron chi connectivity index (χ3n) is 5.03. The topological polar surface area (TPSA) is 202 Å². The van der Waals surface area contributed by atoms with Gasteiger partial charge in [-0.3, -0.25) is 25.0 Å². The molecule has 0 fully saturated rings. The zero-order valence-electron chi connectivity index (χ0n) is 19.4. The number of benzene rings is 3. The van der Waals surface area contributed by atoms with Crippen molar-refractivity contribution in [2.24, 2.45) is 0 Å². The number of nitrogens with zero attached hydrogens (tertiary/aromatic N) is 2.